The summed E-state index contributed by atoms with van der Waals surface area (Å²) in [6.07, 6.45) is 4.68. The third-order valence-corrected chi connectivity index (χ3v) is 4.82. The number of rotatable bonds is 7. The number of amides is 1. The van der Waals surface area contributed by atoms with Gasteiger partial charge in [-0.1, -0.05) is 31.9 Å². The summed E-state index contributed by atoms with van der Waals surface area (Å²) in [5.74, 6) is 0.351. The van der Waals surface area contributed by atoms with Gasteiger partial charge in [-0.15, -0.1) is 11.8 Å². The Morgan fingerprint density at radius 2 is 2.12 bits per heavy atom. The maximum absolute atomic E-state index is 12.3. The number of carbonyl (C=O) groups is 2. The van der Waals surface area contributed by atoms with Crippen molar-refractivity contribution in [2.75, 3.05) is 5.75 Å². The molecule has 6 nitrogen and oxygen atoms in total. The molecule has 24 heavy (non-hydrogen) atoms. The number of carbonyl (C=O) groups excluding carboxylic acids is 2. The zero-order valence-electron chi connectivity index (χ0n) is 13.5. The second kappa shape index (κ2) is 8.63. The molecule has 0 bridgehead atoms. The number of nitrogens with one attached hydrogen (secondary N) is 1. The van der Waals surface area contributed by atoms with Gasteiger partial charge in [0.15, 0.2) is 5.78 Å². The molecule has 7 heteroatoms. The van der Waals surface area contributed by atoms with Crippen molar-refractivity contribution in [1.82, 2.24) is 5.32 Å². The van der Waals surface area contributed by atoms with E-state index in [0.29, 0.717) is 10.5 Å². The van der Waals surface area contributed by atoms with Crippen molar-refractivity contribution in [3.63, 3.8) is 0 Å². The Labute approximate surface area is 144 Å². The van der Waals surface area contributed by atoms with E-state index in [1.807, 2.05) is 0 Å². The van der Waals surface area contributed by atoms with Crippen LogP contribution >= 0.6 is 11.8 Å². The molecule has 1 unspecified atom stereocenters. The second-order valence-corrected chi connectivity index (χ2v) is 6.75. The summed E-state index contributed by atoms with van der Waals surface area (Å²) in [5, 5.41) is 13.7. The summed E-state index contributed by atoms with van der Waals surface area (Å²) in [5.41, 5.74) is 0.511. The molecule has 0 saturated heterocycles. The molecule has 1 aromatic carbocycles. The first kappa shape index (κ1) is 18.2. The second-order valence-electron chi connectivity index (χ2n) is 5.61. The van der Waals surface area contributed by atoms with Crippen LogP contribution in [0.15, 0.2) is 35.2 Å². The minimum atomic E-state index is -0.546. The summed E-state index contributed by atoms with van der Waals surface area (Å²) in [7, 11) is 0. The molecule has 0 spiro atoms. The van der Waals surface area contributed by atoms with E-state index in [1.165, 1.54) is 30.0 Å². The lowest BCUT2D eigenvalue weighted by atomic mass is 10.0. The molecule has 0 fully saturated rings. The molecule has 1 N–H and O–H groups in total. The Morgan fingerprint density at radius 3 is 2.83 bits per heavy atom. The molecule has 0 aromatic heterocycles. The Balaban J connectivity index is 2.10. The summed E-state index contributed by atoms with van der Waals surface area (Å²) < 4.78 is 0. The van der Waals surface area contributed by atoms with Gasteiger partial charge >= 0.3 is 0 Å². The molecule has 0 aliphatic carbocycles. The maximum Gasteiger partial charge on any atom is 0.269 e. The van der Waals surface area contributed by atoms with Crippen LogP contribution in [0.5, 0.6) is 0 Å². The number of benzene rings is 1. The van der Waals surface area contributed by atoms with E-state index in [1.54, 1.807) is 12.1 Å². The van der Waals surface area contributed by atoms with Crippen LogP contribution in [0.3, 0.4) is 0 Å². The van der Waals surface area contributed by atoms with Gasteiger partial charge in [-0.2, -0.15) is 0 Å². The van der Waals surface area contributed by atoms with E-state index in [9.17, 15) is 19.7 Å². The first-order valence-corrected chi connectivity index (χ1v) is 8.92. The fourth-order valence-electron chi connectivity index (χ4n) is 2.45. The molecular weight excluding hydrogens is 328 g/mol. The van der Waals surface area contributed by atoms with Crippen LogP contribution in [-0.2, 0) is 9.59 Å². The molecular formula is C17H20N2O4S. The normalized spacial score (nSPS) is 17.9. The number of nitro groups is 1. The van der Waals surface area contributed by atoms with Crippen molar-refractivity contribution in [3.8, 4) is 0 Å². The molecule has 1 amide bonds. The molecule has 1 aliphatic heterocycles. The van der Waals surface area contributed by atoms with Crippen LogP contribution in [0.4, 0.5) is 5.69 Å². The lowest BCUT2D eigenvalue weighted by Crippen LogP contribution is -2.28. The highest BCUT2D eigenvalue weighted by Crippen LogP contribution is 2.27. The standard InChI is InChI=1S/C17H20N2O4S/c1-2-3-4-8-24-16-11-14(20)10-15(18-17(16)21)12-6-5-7-13(9-12)19(22)23/h5-7,9,11,15H,2-4,8,10H2,1H3,(H,18,21). The fourth-order valence-corrected chi connectivity index (χ4v) is 3.42. The quantitative estimate of drug-likeness (QED) is 0.462. The highest BCUT2D eigenvalue weighted by atomic mass is 32.2. The average Bonchev–Trinajstić information content (AvgIpc) is 2.70. The van der Waals surface area contributed by atoms with Crippen LogP contribution in [0.2, 0.25) is 0 Å². The monoisotopic (exact) mass is 348 g/mol. The zero-order chi connectivity index (χ0) is 17.5. The molecule has 0 saturated carbocycles. The van der Waals surface area contributed by atoms with Crippen molar-refractivity contribution in [1.29, 1.82) is 0 Å². The van der Waals surface area contributed by atoms with E-state index < -0.39 is 11.0 Å². The van der Waals surface area contributed by atoms with Gasteiger partial charge in [-0.3, -0.25) is 19.7 Å². The topological polar surface area (TPSA) is 89.3 Å². The van der Waals surface area contributed by atoms with Gasteiger partial charge in [-0.25, -0.2) is 0 Å². The highest BCUT2D eigenvalue weighted by Gasteiger charge is 2.25. The number of non-ortho nitro benzene ring substituents is 1. The fraction of sp³-hybridized carbons (Fsp3) is 0.412. The lowest BCUT2D eigenvalue weighted by Gasteiger charge is -2.16. The Morgan fingerprint density at radius 1 is 1.33 bits per heavy atom. The number of hydrogen-bond acceptors (Lipinski definition) is 5. The molecule has 0 radical (unpaired) electrons. The Hall–Kier alpha value is -2.15. The van der Waals surface area contributed by atoms with Crippen LogP contribution in [-0.4, -0.2) is 22.4 Å². The van der Waals surface area contributed by atoms with Crippen molar-refractivity contribution >= 4 is 29.1 Å². The van der Waals surface area contributed by atoms with E-state index in [-0.39, 0.29) is 23.8 Å². The zero-order valence-corrected chi connectivity index (χ0v) is 14.3. The summed E-state index contributed by atoms with van der Waals surface area (Å²) in [6.45, 7) is 2.11. The first-order chi connectivity index (χ1) is 11.5. The largest absolute Gasteiger partial charge is 0.344 e. The average molecular weight is 348 g/mol. The van der Waals surface area contributed by atoms with Crippen molar-refractivity contribution in [2.24, 2.45) is 0 Å². The van der Waals surface area contributed by atoms with Gasteiger partial charge in [0.25, 0.3) is 11.6 Å². The van der Waals surface area contributed by atoms with Crippen LogP contribution < -0.4 is 5.32 Å². The van der Waals surface area contributed by atoms with Crippen LogP contribution in [0.1, 0.15) is 44.2 Å². The van der Waals surface area contributed by atoms with Gasteiger partial charge in [0.1, 0.15) is 0 Å². The predicted molar refractivity (Wildman–Crippen MR) is 93.7 cm³/mol. The van der Waals surface area contributed by atoms with Crippen LogP contribution in [0.25, 0.3) is 0 Å². The van der Waals surface area contributed by atoms with Gasteiger partial charge in [-0.05, 0) is 17.7 Å². The Kier molecular flexibility index (Phi) is 6.54. The van der Waals surface area contributed by atoms with Crippen LogP contribution in [0, 0.1) is 10.1 Å². The van der Waals surface area contributed by atoms with Gasteiger partial charge in [0.2, 0.25) is 0 Å². The summed E-state index contributed by atoms with van der Waals surface area (Å²) in [6, 6.07) is 5.48. The minimum Gasteiger partial charge on any atom is -0.344 e. The van der Waals surface area contributed by atoms with Gasteiger partial charge in [0.05, 0.1) is 15.9 Å². The van der Waals surface area contributed by atoms with E-state index in [0.717, 1.165) is 25.0 Å². The van der Waals surface area contributed by atoms with Crippen molar-refractivity contribution in [2.45, 2.75) is 38.6 Å². The summed E-state index contributed by atoms with van der Waals surface area (Å²) >= 11 is 1.39. The van der Waals surface area contributed by atoms with E-state index in [2.05, 4.69) is 12.2 Å². The SMILES string of the molecule is CCCCCSC1=CC(=O)CC(c2cccc([N+](=O)[O-])c2)NC1=O. The van der Waals surface area contributed by atoms with Crippen molar-refractivity contribution in [3.05, 3.63) is 50.9 Å². The number of ketones is 1. The first-order valence-electron chi connectivity index (χ1n) is 7.93. The molecule has 2 rings (SSSR count). The van der Waals surface area contributed by atoms with Gasteiger partial charge < -0.3 is 5.32 Å². The Bertz CT molecular complexity index is 672. The smallest absolute Gasteiger partial charge is 0.269 e. The van der Waals surface area contributed by atoms with Gasteiger partial charge in [0, 0.05) is 24.6 Å². The molecule has 1 aromatic rings. The minimum absolute atomic E-state index is 0.0550. The van der Waals surface area contributed by atoms with E-state index in [4.69, 9.17) is 0 Å². The number of hydrogen-bond donors (Lipinski definition) is 1. The number of nitrogens with zero attached hydrogens (tertiary/aromatic N) is 1. The number of nitro benzene ring substituents is 1. The maximum atomic E-state index is 12.3. The molecule has 128 valence electrons. The molecule has 1 aliphatic rings. The number of unbranched alkanes of at least 4 members (excludes halogenated alkanes) is 2. The molecule has 1 heterocycles. The molecule has 1 atom stereocenters. The lowest BCUT2D eigenvalue weighted by molar-refractivity contribution is -0.384. The van der Waals surface area contributed by atoms with Crippen molar-refractivity contribution < 1.29 is 14.5 Å². The third kappa shape index (κ3) is 4.92. The third-order valence-electron chi connectivity index (χ3n) is 3.72. The number of thioether (sulfide) groups is 1. The van der Waals surface area contributed by atoms with E-state index >= 15 is 0 Å². The summed E-state index contributed by atoms with van der Waals surface area (Å²) in [4.78, 5) is 35.3. The number of allylic oxidation sites excluding steroid dienone is 1. The highest BCUT2D eigenvalue weighted by molar-refractivity contribution is 8.04. The predicted octanol–water partition coefficient (Wildman–Crippen LogP) is 3.53.